The number of carbonyl (C=O) groups is 2. The summed E-state index contributed by atoms with van der Waals surface area (Å²) in [5.74, 6) is 1.47. The van der Waals surface area contributed by atoms with E-state index in [0.29, 0.717) is 47.2 Å². The minimum Gasteiger partial charge on any atom is -0.490 e. The van der Waals surface area contributed by atoms with Crippen molar-refractivity contribution in [3.8, 4) is 17.2 Å². The van der Waals surface area contributed by atoms with Crippen LogP contribution in [0.1, 0.15) is 51.4 Å². The fourth-order valence-electron chi connectivity index (χ4n) is 5.53. The van der Waals surface area contributed by atoms with Crippen LogP contribution >= 0.6 is 11.6 Å². The Morgan fingerprint density at radius 1 is 0.919 bits per heavy atom. The SMILES string of the molecule is O=C1CN(C(=O)C2CN(C3CCCCC3)C2)CCCCCOc2ccccc2Oc2ccc(Cl)cc2N1. The van der Waals surface area contributed by atoms with E-state index in [1.54, 1.807) is 23.1 Å². The predicted molar refractivity (Wildman–Crippen MR) is 144 cm³/mol. The smallest absolute Gasteiger partial charge is 0.244 e. The Hall–Kier alpha value is -2.77. The standard InChI is InChI=1S/C29H36ClN3O4/c30-22-13-14-25-24(17-22)31-28(34)20-32(29(35)21-18-33(19-21)23-9-3-1-4-10-23)15-7-2-8-16-36-26-11-5-6-12-27(26)37-25/h5-6,11-14,17,21,23H,1-4,7-10,15-16,18-20H2,(H,31,34). The van der Waals surface area contributed by atoms with Gasteiger partial charge in [0.05, 0.1) is 24.8 Å². The lowest BCUT2D eigenvalue weighted by Crippen LogP contribution is -2.58. The summed E-state index contributed by atoms with van der Waals surface area (Å²) >= 11 is 6.24. The minimum atomic E-state index is -0.261. The van der Waals surface area contributed by atoms with Crippen molar-refractivity contribution in [3.63, 3.8) is 0 Å². The number of ether oxygens (including phenoxy) is 2. The molecule has 0 spiro atoms. The maximum absolute atomic E-state index is 13.4. The van der Waals surface area contributed by atoms with Crippen LogP contribution in [0.2, 0.25) is 5.02 Å². The average molecular weight is 526 g/mol. The number of hydrogen-bond donors (Lipinski definition) is 1. The molecule has 5 rings (SSSR count). The van der Waals surface area contributed by atoms with Gasteiger partial charge in [0.2, 0.25) is 11.8 Å². The fourth-order valence-corrected chi connectivity index (χ4v) is 5.70. The first-order valence-electron chi connectivity index (χ1n) is 13.6. The van der Waals surface area contributed by atoms with E-state index in [4.69, 9.17) is 21.1 Å². The van der Waals surface area contributed by atoms with Crippen molar-refractivity contribution >= 4 is 29.1 Å². The molecule has 7 nitrogen and oxygen atoms in total. The number of amides is 2. The van der Waals surface area contributed by atoms with Gasteiger partial charge in [-0.25, -0.2) is 0 Å². The van der Waals surface area contributed by atoms with Gasteiger partial charge >= 0.3 is 0 Å². The maximum atomic E-state index is 13.4. The molecular weight excluding hydrogens is 490 g/mol. The van der Waals surface area contributed by atoms with Crippen molar-refractivity contribution in [1.82, 2.24) is 9.80 Å². The summed E-state index contributed by atoms with van der Waals surface area (Å²) < 4.78 is 12.2. The van der Waals surface area contributed by atoms with Crippen LogP contribution in [-0.2, 0) is 9.59 Å². The summed E-state index contributed by atoms with van der Waals surface area (Å²) in [6.07, 6.45) is 8.96. The number of hydrogen-bond acceptors (Lipinski definition) is 5. The molecule has 2 amide bonds. The molecule has 2 aromatic carbocycles. The highest BCUT2D eigenvalue weighted by Gasteiger charge is 2.39. The third-order valence-electron chi connectivity index (χ3n) is 7.61. The third kappa shape index (κ3) is 6.57. The fraction of sp³-hybridized carbons (Fsp3) is 0.517. The molecule has 2 aromatic rings. The molecular formula is C29H36ClN3O4. The largest absolute Gasteiger partial charge is 0.490 e. The quantitative estimate of drug-likeness (QED) is 0.542. The van der Waals surface area contributed by atoms with Crippen LogP contribution in [0, 0.1) is 5.92 Å². The van der Waals surface area contributed by atoms with E-state index in [0.717, 1.165) is 32.4 Å². The predicted octanol–water partition coefficient (Wildman–Crippen LogP) is 5.73. The Labute approximate surface area is 224 Å². The van der Waals surface area contributed by atoms with E-state index >= 15 is 0 Å². The normalized spacial score (nSPS) is 20.7. The van der Waals surface area contributed by atoms with Gasteiger partial charge in [-0.1, -0.05) is 43.0 Å². The lowest BCUT2D eigenvalue weighted by molar-refractivity contribution is -0.144. The molecule has 2 heterocycles. The van der Waals surface area contributed by atoms with Gasteiger partial charge in [0.1, 0.15) is 0 Å². The van der Waals surface area contributed by atoms with E-state index in [1.165, 1.54) is 32.1 Å². The van der Waals surface area contributed by atoms with Gasteiger partial charge in [-0.05, 0) is 62.4 Å². The number of rotatable bonds is 2. The molecule has 3 aliphatic rings. The Bertz CT molecular complexity index is 1100. The molecule has 8 heteroatoms. The first kappa shape index (κ1) is 25.9. The maximum Gasteiger partial charge on any atom is 0.244 e. The van der Waals surface area contributed by atoms with Crippen molar-refractivity contribution in [2.75, 3.05) is 38.1 Å². The number of likely N-dealkylation sites (tertiary alicyclic amines) is 1. The van der Waals surface area contributed by atoms with E-state index in [2.05, 4.69) is 10.2 Å². The van der Waals surface area contributed by atoms with Crippen molar-refractivity contribution < 1.29 is 19.1 Å². The van der Waals surface area contributed by atoms with Crippen LogP contribution in [0.4, 0.5) is 5.69 Å². The molecule has 0 unspecified atom stereocenters. The molecule has 1 N–H and O–H groups in total. The monoisotopic (exact) mass is 525 g/mol. The first-order valence-corrected chi connectivity index (χ1v) is 14.0. The van der Waals surface area contributed by atoms with E-state index in [9.17, 15) is 9.59 Å². The van der Waals surface area contributed by atoms with Gasteiger partial charge in [-0.3, -0.25) is 14.5 Å². The van der Waals surface area contributed by atoms with Crippen molar-refractivity contribution in [2.45, 2.75) is 57.4 Å². The summed E-state index contributed by atoms with van der Waals surface area (Å²) in [5, 5.41) is 3.41. The molecule has 2 fully saturated rings. The van der Waals surface area contributed by atoms with E-state index in [1.807, 2.05) is 24.3 Å². The highest BCUT2D eigenvalue weighted by molar-refractivity contribution is 6.31. The zero-order valence-corrected chi connectivity index (χ0v) is 22.0. The Kier molecular flexibility index (Phi) is 8.52. The molecule has 2 aliphatic heterocycles. The van der Waals surface area contributed by atoms with Gasteiger partial charge in [0.25, 0.3) is 0 Å². The van der Waals surface area contributed by atoms with Crippen LogP contribution in [-0.4, -0.2) is 60.4 Å². The first-order chi connectivity index (χ1) is 18.1. The summed E-state index contributed by atoms with van der Waals surface area (Å²) in [5.41, 5.74) is 0.460. The summed E-state index contributed by atoms with van der Waals surface area (Å²) in [6, 6.07) is 13.2. The Balaban J connectivity index is 1.29. The van der Waals surface area contributed by atoms with Gasteiger partial charge in [-0.15, -0.1) is 0 Å². The number of para-hydroxylation sites is 2. The van der Waals surface area contributed by atoms with Gasteiger partial charge < -0.3 is 19.7 Å². The van der Waals surface area contributed by atoms with Crippen LogP contribution in [0.3, 0.4) is 0 Å². The van der Waals surface area contributed by atoms with Crippen LogP contribution in [0.15, 0.2) is 42.5 Å². The minimum absolute atomic E-state index is 0.0117. The van der Waals surface area contributed by atoms with Crippen molar-refractivity contribution in [2.24, 2.45) is 5.92 Å². The van der Waals surface area contributed by atoms with Crippen LogP contribution in [0.25, 0.3) is 0 Å². The number of carbonyl (C=O) groups excluding carboxylic acids is 2. The second-order valence-electron chi connectivity index (χ2n) is 10.3. The number of nitrogens with zero attached hydrogens (tertiary/aromatic N) is 2. The molecule has 0 aromatic heterocycles. The second kappa shape index (κ2) is 12.2. The van der Waals surface area contributed by atoms with E-state index < -0.39 is 0 Å². The van der Waals surface area contributed by atoms with Crippen molar-refractivity contribution in [3.05, 3.63) is 47.5 Å². The molecule has 198 valence electrons. The number of fused-ring (bicyclic) bond motifs is 2. The Morgan fingerprint density at radius 3 is 2.49 bits per heavy atom. The lowest BCUT2D eigenvalue weighted by Gasteiger charge is -2.46. The zero-order chi connectivity index (χ0) is 25.6. The van der Waals surface area contributed by atoms with Gasteiger partial charge in [0, 0.05) is 30.7 Å². The zero-order valence-electron chi connectivity index (χ0n) is 21.3. The number of halogens is 1. The van der Waals surface area contributed by atoms with E-state index in [-0.39, 0.29) is 24.3 Å². The van der Waals surface area contributed by atoms with Gasteiger partial charge in [0.15, 0.2) is 17.2 Å². The van der Waals surface area contributed by atoms with Crippen LogP contribution < -0.4 is 14.8 Å². The highest BCUT2D eigenvalue weighted by atomic mass is 35.5. The number of benzene rings is 2. The molecule has 1 aliphatic carbocycles. The number of nitrogens with one attached hydrogen (secondary N) is 1. The lowest BCUT2D eigenvalue weighted by atomic mass is 9.88. The topological polar surface area (TPSA) is 71.1 Å². The van der Waals surface area contributed by atoms with Gasteiger partial charge in [-0.2, -0.15) is 0 Å². The molecule has 0 atom stereocenters. The second-order valence-corrected chi connectivity index (χ2v) is 10.8. The van der Waals surface area contributed by atoms with Crippen LogP contribution in [0.5, 0.6) is 17.2 Å². The molecule has 0 radical (unpaired) electrons. The molecule has 0 bridgehead atoms. The molecule has 1 saturated heterocycles. The van der Waals surface area contributed by atoms with Crippen molar-refractivity contribution in [1.29, 1.82) is 0 Å². The third-order valence-corrected chi connectivity index (χ3v) is 7.85. The Morgan fingerprint density at radius 2 is 1.68 bits per heavy atom. The summed E-state index contributed by atoms with van der Waals surface area (Å²) in [4.78, 5) is 30.8. The molecule has 1 saturated carbocycles. The summed E-state index contributed by atoms with van der Waals surface area (Å²) in [7, 11) is 0. The highest BCUT2D eigenvalue weighted by Crippen LogP contribution is 2.37. The molecule has 37 heavy (non-hydrogen) atoms. The number of anilines is 1. The summed E-state index contributed by atoms with van der Waals surface area (Å²) in [6.45, 7) is 2.73. The average Bonchev–Trinajstić information content (AvgIpc) is 2.87.